The number of rotatable bonds is 8. The van der Waals surface area contributed by atoms with Gasteiger partial charge >= 0.3 is 0 Å². The van der Waals surface area contributed by atoms with Gasteiger partial charge in [0, 0.05) is 11.4 Å². The number of ether oxygens (including phenoxy) is 2. The second-order valence-electron chi connectivity index (χ2n) is 5.86. The van der Waals surface area contributed by atoms with Crippen LogP contribution in [0.5, 0.6) is 11.5 Å². The molecule has 1 aromatic heterocycles. The zero-order chi connectivity index (χ0) is 19.9. The van der Waals surface area contributed by atoms with Crippen LogP contribution in [0.4, 0.5) is 5.69 Å². The average Bonchev–Trinajstić information content (AvgIpc) is 3.08. The van der Waals surface area contributed by atoms with Gasteiger partial charge in [-0.3, -0.25) is 9.36 Å². The highest BCUT2D eigenvalue weighted by molar-refractivity contribution is 7.99. The molecular formula is C20H22N4O3S. The lowest BCUT2D eigenvalue weighted by Crippen LogP contribution is -2.14. The van der Waals surface area contributed by atoms with Crippen LogP contribution in [0.2, 0.25) is 0 Å². The van der Waals surface area contributed by atoms with Crippen molar-refractivity contribution in [3.63, 3.8) is 0 Å². The summed E-state index contributed by atoms with van der Waals surface area (Å²) < 4.78 is 12.5. The number of thioether (sulfide) groups is 1. The van der Waals surface area contributed by atoms with Crippen LogP contribution in [-0.2, 0) is 4.79 Å². The van der Waals surface area contributed by atoms with E-state index in [-0.39, 0.29) is 11.7 Å². The number of aryl methyl sites for hydroxylation is 1. The van der Waals surface area contributed by atoms with Gasteiger partial charge in [-0.05, 0) is 62.4 Å². The van der Waals surface area contributed by atoms with Gasteiger partial charge in [-0.25, -0.2) is 0 Å². The highest BCUT2D eigenvalue weighted by Crippen LogP contribution is 2.24. The van der Waals surface area contributed by atoms with Crippen molar-refractivity contribution < 1.29 is 14.3 Å². The molecule has 0 saturated heterocycles. The number of nitrogens with one attached hydrogen (secondary N) is 1. The lowest BCUT2D eigenvalue weighted by atomic mass is 10.3. The lowest BCUT2D eigenvalue weighted by molar-refractivity contribution is -0.113. The third-order valence-corrected chi connectivity index (χ3v) is 4.84. The molecule has 1 heterocycles. The first-order chi connectivity index (χ1) is 13.6. The Labute approximate surface area is 168 Å². The fraction of sp³-hybridized carbons (Fsp3) is 0.250. The smallest absolute Gasteiger partial charge is 0.234 e. The molecule has 2 aromatic carbocycles. The number of hydrogen-bond acceptors (Lipinski definition) is 6. The molecule has 3 aromatic rings. The summed E-state index contributed by atoms with van der Waals surface area (Å²) in [6, 6.07) is 14.9. The number of nitrogens with zero attached hydrogens (tertiary/aromatic N) is 3. The van der Waals surface area contributed by atoms with Crippen molar-refractivity contribution in [3.05, 3.63) is 54.4 Å². The van der Waals surface area contributed by atoms with Gasteiger partial charge in [0.25, 0.3) is 0 Å². The second-order valence-corrected chi connectivity index (χ2v) is 6.80. The van der Waals surface area contributed by atoms with E-state index < -0.39 is 0 Å². The highest BCUT2D eigenvalue weighted by Gasteiger charge is 2.13. The van der Waals surface area contributed by atoms with Gasteiger partial charge in [-0.1, -0.05) is 11.8 Å². The molecule has 3 rings (SSSR count). The van der Waals surface area contributed by atoms with E-state index in [1.807, 2.05) is 66.9 Å². The van der Waals surface area contributed by atoms with Crippen molar-refractivity contribution in [2.75, 3.05) is 24.8 Å². The number of benzene rings is 2. The average molecular weight is 398 g/mol. The summed E-state index contributed by atoms with van der Waals surface area (Å²) in [4.78, 5) is 12.3. The van der Waals surface area contributed by atoms with Crippen molar-refractivity contribution in [2.24, 2.45) is 0 Å². The maximum atomic E-state index is 12.3. The maximum Gasteiger partial charge on any atom is 0.234 e. The van der Waals surface area contributed by atoms with Gasteiger partial charge < -0.3 is 14.8 Å². The Hall–Kier alpha value is -3.00. The minimum atomic E-state index is -0.115. The summed E-state index contributed by atoms with van der Waals surface area (Å²) >= 11 is 1.33. The van der Waals surface area contributed by atoms with E-state index in [9.17, 15) is 4.79 Å². The second kappa shape index (κ2) is 9.27. The predicted molar refractivity (Wildman–Crippen MR) is 110 cm³/mol. The number of methoxy groups -OCH3 is 1. The molecule has 0 saturated carbocycles. The molecule has 28 heavy (non-hydrogen) atoms. The first-order valence-electron chi connectivity index (χ1n) is 8.82. The van der Waals surface area contributed by atoms with Crippen molar-refractivity contribution >= 4 is 23.4 Å². The van der Waals surface area contributed by atoms with Crippen molar-refractivity contribution in [1.29, 1.82) is 0 Å². The first kappa shape index (κ1) is 19.8. The largest absolute Gasteiger partial charge is 0.497 e. The van der Waals surface area contributed by atoms with Crippen LogP contribution in [0, 0.1) is 6.92 Å². The van der Waals surface area contributed by atoms with Gasteiger partial charge in [-0.2, -0.15) is 0 Å². The molecule has 1 amide bonds. The Kier molecular flexibility index (Phi) is 6.54. The summed E-state index contributed by atoms with van der Waals surface area (Å²) in [6.45, 7) is 4.41. The molecule has 146 valence electrons. The molecule has 0 bridgehead atoms. The maximum absolute atomic E-state index is 12.3. The standard InChI is InChI=1S/C20H22N4O3S/c1-4-27-18-9-5-15(6-10-18)21-19(25)13-28-20-23-22-14(2)24(20)16-7-11-17(26-3)12-8-16/h5-12H,4,13H2,1-3H3,(H,21,25). The molecule has 0 unspecified atom stereocenters. The highest BCUT2D eigenvalue weighted by atomic mass is 32.2. The third kappa shape index (κ3) is 4.83. The van der Waals surface area contributed by atoms with E-state index in [1.165, 1.54) is 11.8 Å². The van der Waals surface area contributed by atoms with E-state index in [0.717, 1.165) is 28.7 Å². The normalized spacial score (nSPS) is 10.5. The fourth-order valence-corrected chi connectivity index (χ4v) is 3.39. The van der Waals surface area contributed by atoms with E-state index in [2.05, 4.69) is 15.5 Å². The Morgan fingerprint density at radius 1 is 1.07 bits per heavy atom. The molecule has 8 heteroatoms. The summed E-state index contributed by atoms with van der Waals surface area (Å²) in [6.07, 6.45) is 0. The topological polar surface area (TPSA) is 78.3 Å². The van der Waals surface area contributed by atoms with E-state index in [4.69, 9.17) is 9.47 Å². The SMILES string of the molecule is CCOc1ccc(NC(=O)CSc2nnc(C)n2-c2ccc(OC)cc2)cc1. The van der Waals surface area contributed by atoms with Crippen LogP contribution in [0.25, 0.3) is 5.69 Å². The van der Waals surface area contributed by atoms with Gasteiger partial charge in [0.1, 0.15) is 17.3 Å². The Balaban J connectivity index is 1.63. The minimum Gasteiger partial charge on any atom is -0.497 e. The molecule has 0 spiro atoms. The van der Waals surface area contributed by atoms with Gasteiger partial charge in [0.15, 0.2) is 5.16 Å². The monoisotopic (exact) mass is 398 g/mol. The number of aromatic nitrogens is 3. The number of amides is 1. The molecule has 0 aliphatic rings. The minimum absolute atomic E-state index is 0.115. The van der Waals surface area contributed by atoms with Crippen LogP contribution in [-0.4, -0.2) is 40.1 Å². The van der Waals surface area contributed by atoms with Crippen molar-refractivity contribution in [3.8, 4) is 17.2 Å². The van der Waals surface area contributed by atoms with Crippen LogP contribution < -0.4 is 14.8 Å². The van der Waals surface area contributed by atoms with Crippen LogP contribution in [0.3, 0.4) is 0 Å². The molecule has 0 fully saturated rings. The molecule has 7 nitrogen and oxygen atoms in total. The molecule has 0 radical (unpaired) electrons. The summed E-state index contributed by atoms with van der Waals surface area (Å²) in [5, 5.41) is 11.9. The zero-order valence-corrected chi connectivity index (χ0v) is 16.8. The quantitative estimate of drug-likeness (QED) is 0.583. The van der Waals surface area contributed by atoms with E-state index >= 15 is 0 Å². The summed E-state index contributed by atoms with van der Waals surface area (Å²) in [5.41, 5.74) is 1.64. The van der Waals surface area contributed by atoms with Crippen LogP contribution >= 0.6 is 11.8 Å². The van der Waals surface area contributed by atoms with Crippen LogP contribution in [0.1, 0.15) is 12.7 Å². The number of carbonyl (C=O) groups excluding carboxylic acids is 1. The fourth-order valence-electron chi connectivity index (χ4n) is 2.59. The van der Waals surface area contributed by atoms with E-state index in [0.29, 0.717) is 11.8 Å². The molecule has 0 atom stereocenters. The number of hydrogen-bond donors (Lipinski definition) is 1. The van der Waals surface area contributed by atoms with Crippen molar-refractivity contribution in [1.82, 2.24) is 14.8 Å². The predicted octanol–water partition coefficient (Wildman–Crippen LogP) is 3.71. The van der Waals surface area contributed by atoms with Crippen molar-refractivity contribution in [2.45, 2.75) is 19.0 Å². The molecule has 0 aliphatic heterocycles. The Bertz CT molecular complexity index is 924. The molecule has 1 N–H and O–H groups in total. The first-order valence-corrected chi connectivity index (χ1v) is 9.81. The van der Waals surface area contributed by atoms with Gasteiger partial charge in [-0.15, -0.1) is 10.2 Å². The zero-order valence-electron chi connectivity index (χ0n) is 16.0. The van der Waals surface area contributed by atoms with Crippen LogP contribution in [0.15, 0.2) is 53.7 Å². The number of carbonyl (C=O) groups is 1. The van der Waals surface area contributed by atoms with E-state index in [1.54, 1.807) is 7.11 Å². The lowest BCUT2D eigenvalue weighted by Gasteiger charge is -2.10. The third-order valence-electron chi connectivity index (χ3n) is 3.91. The molecule has 0 aliphatic carbocycles. The number of anilines is 1. The Morgan fingerprint density at radius 2 is 1.75 bits per heavy atom. The Morgan fingerprint density at radius 3 is 2.39 bits per heavy atom. The molecular weight excluding hydrogens is 376 g/mol. The summed E-state index contributed by atoms with van der Waals surface area (Å²) in [5.74, 6) is 2.41. The van der Waals surface area contributed by atoms with Gasteiger partial charge in [0.05, 0.1) is 19.5 Å². The van der Waals surface area contributed by atoms with Gasteiger partial charge in [0.2, 0.25) is 5.91 Å². The summed E-state index contributed by atoms with van der Waals surface area (Å²) in [7, 11) is 1.63.